The van der Waals surface area contributed by atoms with E-state index in [9.17, 15) is 15.3 Å². The van der Waals surface area contributed by atoms with Crippen LogP contribution in [0.3, 0.4) is 0 Å². The molecule has 2 aromatic carbocycles. The van der Waals surface area contributed by atoms with Gasteiger partial charge < -0.3 is 24.8 Å². The number of hydrogen-bond acceptors (Lipinski definition) is 5. The van der Waals surface area contributed by atoms with Crippen molar-refractivity contribution >= 4 is 22.6 Å². The summed E-state index contributed by atoms with van der Waals surface area (Å²) in [5, 5.41) is 30.4. The van der Waals surface area contributed by atoms with E-state index in [0.717, 1.165) is 11.1 Å². The molecule has 2 rings (SSSR count). The summed E-state index contributed by atoms with van der Waals surface area (Å²) in [5.74, 6) is 0.402. The van der Waals surface area contributed by atoms with Crippen molar-refractivity contribution in [2.45, 2.75) is 38.6 Å². The van der Waals surface area contributed by atoms with Gasteiger partial charge in [0, 0.05) is 12.8 Å². The van der Waals surface area contributed by atoms with Crippen molar-refractivity contribution in [2.75, 3.05) is 13.7 Å². The van der Waals surface area contributed by atoms with Crippen molar-refractivity contribution < 1.29 is 24.8 Å². The van der Waals surface area contributed by atoms with Gasteiger partial charge in [0.2, 0.25) is 0 Å². The molecule has 0 aromatic heterocycles. The molecule has 2 aromatic rings. The third kappa shape index (κ3) is 7.84. The predicted molar refractivity (Wildman–Crippen MR) is 121 cm³/mol. The van der Waals surface area contributed by atoms with E-state index in [4.69, 9.17) is 9.47 Å². The van der Waals surface area contributed by atoms with Crippen LogP contribution in [0.4, 0.5) is 0 Å². The highest BCUT2D eigenvalue weighted by Gasteiger charge is 2.13. The van der Waals surface area contributed by atoms with Gasteiger partial charge in [0.15, 0.2) is 11.5 Å². The Morgan fingerprint density at radius 3 is 2.62 bits per heavy atom. The summed E-state index contributed by atoms with van der Waals surface area (Å²) in [4.78, 5) is 0. The number of methoxy groups -OCH3 is 1. The van der Waals surface area contributed by atoms with Crippen molar-refractivity contribution in [1.29, 1.82) is 0 Å². The topological polar surface area (TPSA) is 79.2 Å². The fraction of sp³-hybridized carbons (Fsp3) is 0.348. The maximum atomic E-state index is 10.4. The van der Waals surface area contributed by atoms with Gasteiger partial charge in [-0.2, -0.15) is 0 Å². The zero-order valence-electron chi connectivity index (χ0n) is 16.6. The third-order valence-corrected chi connectivity index (χ3v) is 5.13. The van der Waals surface area contributed by atoms with Crippen molar-refractivity contribution in [3.63, 3.8) is 0 Å². The molecule has 2 atom stereocenters. The van der Waals surface area contributed by atoms with Crippen LogP contribution in [-0.4, -0.2) is 35.1 Å². The van der Waals surface area contributed by atoms with Crippen LogP contribution in [0.15, 0.2) is 59.8 Å². The number of hydrogen-bond donors (Lipinski definition) is 3. The van der Waals surface area contributed by atoms with Crippen molar-refractivity contribution in [3.05, 3.63) is 74.5 Å². The molecule has 0 spiro atoms. The van der Waals surface area contributed by atoms with E-state index in [1.807, 2.05) is 59.8 Å². The quantitative estimate of drug-likeness (QED) is 0.324. The lowest BCUT2D eigenvalue weighted by Gasteiger charge is -2.12. The van der Waals surface area contributed by atoms with Gasteiger partial charge in [-0.15, -0.1) is 5.73 Å². The number of aliphatic hydroxyl groups excluding tert-OH is 2. The molecule has 29 heavy (non-hydrogen) atoms. The van der Waals surface area contributed by atoms with Gasteiger partial charge in [-0.05, 0) is 64.4 Å². The Labute approximate surface area is 185 Å². The predicted octanol–water partition coefficient (Wildman–Crippen LogP) is 4.50. The van der Waals surface area contributed by atoms with E-state index in [0.29, 0.717) is 34.3 Å². The summed E-state index contributed by atoms with van der Waals surface area (Å²) in [6.45, 7) is 2.61. The van der Waals surface area contributed by atoms with Crippen LogP contribution in [0.5, 0.6) is 11.5 Å². The van der Waals surface area contributed by atoms with Crippen molar-refractivity contribution in [3.8, 4) is 11.5 Å². The Kier molecular flexibility index (Phi) is 9.70. The second-order valence-corrected chi connectivity index (χ2v) is 7.95. The molecule has 0 bridgehead atoms. The minimum absolute atomic E-state index is 0.0683. The zero-order valence-corrected chi connectivity index (χ0v) is 18.8. The molecule has 6 heteroatoms. The number of aliphatic hydroxyl groups is 2. The van der Waals surface area contributed by atoms with Crippen LogP contribution < -0.4 is 4.74 Å². The van der Waals surface area contributed by atoms with Crippen molar-refractivity contribution in [2.24, 2.45) is 0 Å². The van der Waals surface area contributed by atoms with Gasteiger partial charge in [-0.1, -0.05) is 30.3 Å². The molecule has 0 saturated carbocycles. The molecular formula is C23H27IO5. The lowest BCUT2D eigenvalue weighted by atomic mass is 10.1. The highest BCUT2D eigenvalue weighted by atomic mass is 127. The molecule has 5 nitrogen and oxygen atoms in total. The SMILES string of the molecule is COc1cc([C@H](O)CC=C=C(C)C[C@@H](O)COCc2ccccc2)cc(I)c1O. The van der Waals surface area contributed by atoms with Crippen LogP contribution in [-0.2, 0) is 11.3 Å². The van der Waals surface area contributed by atoms with Gasteiger partial charge in [-0.25, -0.2) is 0 Å². The molecule has 0 aliphatic heterocycles. The Morgan fingerprint density at radius 2 is 1.93 bits per heavy atom. The molecule has 0 amide bonds. The highest BCUT2D eigenvalue weighted by molar-refractivity contribution is 14.1. The number of aromatic hydroxyl groups is 1. The molecule has 0 heterocycles. The summed E-state index contributed by atoms with van der Waals surface area (Å²) in [5.41, 5.74) is 5.72. The summed E-state index contributed by atoms with van der Waals surface area (Å²) in [6.07, 6.45) is 1.22. The van der Waals surface area contributed by atoms with E-state index in [1.165, 1.54) is 7.11 Å². The molecule has 0 aliphatic rings. The molecule has 0 saturated heterocycles. The van der Waals surface area contributed by atoms with Crippen LogP contribution in [0.25, 0.3) is 0 Å². The monoisotopic (exact) mass is 510 g/mol. The Bertz CT molecular complexity index is 844. The molecule has 156 valence electrons. The minimum atomic E-state index is -0.738. The number of benzene rings is 2. The lowest BCUT2D eigenvalue weighted by molar-refractivity contribution is 0.0289. The van der Waals surface area contributed by atoms with E-state index >= 15 is 0 Å². The van der Waals surface area contributed by atoms with Crippen LogP contribution >= 0.6 is 22.6 Å². The number of ether oxygens (including phenoxy) is 2. The summed E-state index contributed by atoms with van der Waals surface area (Å²) < 4.78 is 11.3. The fourth-order valence-electron chi connectivity index (χ4n) is 2.78. The second-order valence-electron chi connectivity index (χ2n) is 6.79. The molecule has 0 aliphatic carbocycles. The van der Waals surface area contributed by atoms with Gasteiger partial charge >= 0.3 is 0 Å². The van der Waals surface area contributed by atoms with E-state index < -0.39 is 12.2 Å². The summed E-state index contributed by atoms with van der Waals surface area (Å²) in [6, 6.07) is 13.2. The van der Waals surface area contributed by atoms with Crippen LogP contribution in [0, 0.1) is 3.57 Å². The highest BCUT2D eigenvalue weighted by Crippen LogP contribution is 2.35. The maximum absolute atomic E-state index is 10.4. The Hall–Kier alpha value is -1.83. The largest absolute Gasteiger partial charge is 0.504 e. The first kappa shape index (κ1) is 23.4. The molecular weight excluding hydrogens is 483 g/mol. The number of halogens is 1. The van der Waals surface area contributed by atoms with Crippen LogP contribution in [0.2, 0.25) is 0 Å². The van der Waals surface area contributed by atoms with Crippen molar-refractivity contribution in [1.82, 2.24) is 0 Å². The standard InChI is InChI=1S/C23H27IO5/c1-16(11-19(25)15-29-14-17-8-4-3-5-9-17)7-6-10-21(26)18-12-20(24)23(27)22(13-18)28-2/h3-6,8-9,12-13,19,21,25-27H,10-11,14-15H2,1-2H3/t7?,19-,21-/m1/s1. The maximum Gasteiger partial charge on any atom is 0.171 e. The first-order valence-electron chi connectivity index (χ1n) is 9.35. The Morgan fingerprint density at radius 1 is 1.21 bits per heavy atom. The number of rotatable bonds is 10. The van der Waals surface area contributed by atoms with Gasteiger partial charge in [0.05, 0.1) is 36.1 Å². The van der Waals surface area contributed by atoms with Crippen LogP contribution in [0.1, 0.15) is 37.0 Å². The van der Waals surface area contributed by atoms with Gasteiger partial charge in [-0.3, -0.25) is 0 Å². The molecule has 0 fully saturated rings. The minimum Gasteiger partial charge on any atom is -0.504 e. The summed E-state index contributed by atoms with van der Waals surface area (Å²) in [7, 11) is 1.47. The third-order valence-electron chi connectivity index (χ3n) is 4.31. The molecule has 3 N–H and O–H groups in total. The van der Waals surface area contributed by atoms with E-state index in [-0.39, 0.29) is 12.4 Å². The van der Waals surface area contributed by atoms with Gasteiger partial charge in [0.25, 0.3) is 0 Å². The zero-order chi connectivity index (χ0) is 21.2. The number of phenols is 1. The smallest absolute Gasteiger partial charge is 0.171 e. The second kappa shape index (κ2) is 12.0. The normalized spacial score (nSPS) is 12.7. The van der Waals surface area contributed by atoms with E-state index in [1.54, 1.807) is 18.2 Å². The Balaban J connectivity index is 1.83. The first-order valence-corrected chi connectivity index (χ1v) is 10.4. The average molecular weight is 510 g/mol. The molecule has 0 radical (unpaired) electrons. The first-order chi connectivity index (χ1) is 13.9. The van der Waals surface area contributed by atoms with Gasteiger partial charge in [0.1, 0.15) is 0 Å². The molecule has 0 unspecified atom stereocenters. The van der Waals surface area contributed by atoms with E-state index in [2.05, 4.69) is 5.73 Å². The number of phenolic OH excluding ortho intramolecular Hbond substituents is 1. The lowest BCUT2D eigenvalue weighted by Crippen LogP contribution is -2.15. The fourth-order valence-corrected chi connectivity index (χ4v) is 3.41. The summed E-state index contributed by atoms with van der Waals surface area (Å²) >= 11 is 2.00. The average Bonchev–Trinajstić information content (AvgIpc) is 2.70.